The molecule has 1 aliphatic heterocycles. The highest BCUT2D eigenvalue weighted by Gasteiger charge is 2.32. The van der Waals surface area contributed by atoms with E-state index in [1.807, 2.05) is 18.3 Å². The maximum Gasteiger partial charge on any atom is 0.416 e. The van der Waals surface area contributed by atoms with E-state index < -0.39 is 11.7 Å². The molecule has 140 valence electrons. The van der Waals surface area contributed by atoms with E-state index in [4.69, 9.17) is 0 Å². The van der Waals surface area contributed by atoms with Crippen molar-refractivity contribution in [3.63, 3.8) is 0 Å². The second kappa shape index (κ2) is 8.18. The maximum absolute atomic E-state index is 13.2. The third kappa shape index (κ3) is 4.43. The Bertz CT molecular complexity index is 705. The Balaban J connectivity index is 2.01. The molecule has 2 aromatic rings. The van der Waals surface area contributed by atoms with Gasteiger partial charge < -0.3 is 5.32 Å². The summed E-state index contributed by atoms with van der Waals surface area (Å²) in [5, 5.41) is 3.35. The number of hydrogen-bond acceptors (Lipinski definition) is 3. The molecule has 1 saturated heterocycles. The van der Waals surface area contributed by atoms with E-state index in [1.54, 1.807) is 6.07 Å². The Morgan fingerprint density at radius 1 is 1.15 bits per heavy atom. The van der Waals surface area contributed by atoms with E-state index in [2.05, 4.69) is 22.1 Å². The molecule has 2 heterocycles. The van der Waals surface area contributed by atoms with Crippen molar-refractivity contribution in [1.82, 2.24) is 15.2 Å². The Labute approximate surface area is 152 Å². The fourth-order valence-corrected chi connectivity index (χ4v) is 3.39. The zero-order valence-electron chi connectivity index (χ0n) is 14.9. The van der Waals surface area contributed by atoms with Gasteiger partial charge in [0.1, 0.15) is 0 Å². The first-order chi connectivity index (χ1) is 12.5. The van der Waals surface area contributed by atoms with Crippen molar-refractivity contribution in [2.75, 3.05) is 26.2 Å². The molecule has 6 heteroatoms. The summed E-state index contributed by atoms with van der Waals surface area (Å²) in [4.78, 5) is 6.81. The molecule has 1 fully saturated rings. The van der Waals surface area contributed by atoms with Gasteiger partial charge in [-0.1, -0.05) is 25.1 Å². The second-order valence-corrected chi connectivity index (χ2v) is 6.61. The van der Waals surface area contributed by atoms with Crippen LogP contribution in [0.5, 0.6) is 0 Å². The lowest BCUT2D eigenvalue weighted by molar-refractivity contribution is -0.137. The number of benzene rings is 1. The predicted molar refractivity (Wildman–Crippen MR) is 96.0 cm³/mol. The summed E-state index contributed by atoms with van der Waals surface area (Å²) in [5.41, 5.74) is 1.94. The fourth-order valence-electron chi connectivity index (χ4n) is 3.39. The Morgan fingerprint density at radius 3 is 2.69 bits per heavy atom. The van der Waals surface area contributed by atoms with Crippen LogP contribution in [0.1, 0.15) is 41.8 Å². The number of aryl methyl sites for hydroxylation is 1. The smallest absolute Gasteiger partial charge is 0.315 e. The number of aromatic nitrogens is 1. The van der Waals surface area contributed by atoms with Gasteiger partial charge in [-0.15, -0.1) is 0 Å². The first-order valence-corrected chi connectivity index (χ1v) is 9.06. The molecule has 3 rings (SSSR count). The van der Waals surface area contributed by atoms with Crippen LogP contribution in [0.2, 0.25) is 0 Å². The van der Waals surface area contributed by atoms with Crippen LogP contribution in [-0.4, -0.2) is 36.1 Å². The monoisotopic (exact) mass is 363 g/mol. The number of rotatable bonds is 4. The average Bonchev–Trinajstić information content (AvgIpc) is 2.91. The van der Waals surface area contributed by atoms with Crippen LogP contribution in [-0.2, 0) is 12.6 Å². The Morgan fingerprint density at radius 2 is 2.00 bits per heavy atom. The molecule has 0 aliphatic carbocycles. The van der Waals surface area contributed by atoms with Crippen molar-refractivity contribution in [3.05, 3.63) is 65.0 Å². The van der Waals surface area contributed by atoms with E-state index >= 15 is 0 Å². The average molecular weight is 363 g/mol. The molecular formula is C20H24F3N3. The molecule has 0 bridgehead atoms. The van der Waals surface area contributed by atoms with Gasteiger partial charge in [0.25, 0.3) is 0 Å². The van der Waals surface area contributed by atoms with Crippen molar-refractivity contribution in [3.8, 4) is 0 Å². The van der Waals surface area contributed by atoms with Gasteiger partial charge in [-0.2, -0.15) is 13.2 Å². The number of hydrogen-bond donors (Lipinski definition) is 1. The summed E-state index contributed by atoms with van der Waals surface area (Å²) in [5.74, 6) is 0. The summed E-state index contributed by atoms with van der Waals surface area (Å²) < 4.78 is 39.6. The highest BCUT2D eigenvalue weighted by atomic mass is 19.4. The molecule has 26 heavy (non-hydrogen) atoms. The number of alkyl halides is 3. The zero-order valence-corrected chi connectivity index (χ0v) is 14.9. The van der Waals surface area contributed by atoms with Crippen LogP contribution in [0.15, 0.2) is 42.6 Å². The van der Waals surface area contributed by atoms with Gasteiger partial charge in [0.2, 0.25) is 0 Å². The zero-order chi connectivity index (χ0) is 18.6. The SMILES string of the molecule is CCc1ccc(C(c2cccc(C(F)(F)F)c2)N2CCCNCC2)nc1. The van der Waals surface area contributed by atoms with Crippen LogP contribution in [0.25, 0.3) is 0 Å². The standard InChI is InChI=1S/C20H24F3N3/c1-2-15-7-8-18(25-14-15)19(26-11-4-9-24-10-12-26)16-5-3-6-17(13-16)20(21,22)23/h3,5-8,13-14,19,24H,2,4,9-12H2,1H3. The summed E-state index contributed by atoms with van der Waals surface area (Å²) in [7, 11) is 0. The summed E-state index contributed by atoms with van der Waals surface area (Å²) >= 11 is 0. The first kappa shape index (κ1) is 18.9. The van der Waals surface area contributed by atoms with Gasteiger partial charge in [0, 0.05) is 25.8 Å². The van der Waals surface area contributed by atoms with Crippen LogP contribution in [0, 0.1) is 0 Å². The lowest BCUT2D eigenvalue weighted by Crippen LogP contribution is -2.33. The van der Waals surface area contributed by atoms with Crippen LogP contribution >= 0.6 is 0 Å². The molecule has 1 aromatic heterocycles. The topological polar surface area (TPSA) is 28.2 Å². The lowest BCUT2D eigenvalue weighted by Gasteiger charge is -2.31. The summed E-state index contributed by atoms with van der Waals surface area (Å²) in [6.07, 6.45) is -0.677. The van der Waals surface area contributed by atoms with E-state index in [-0.39, 0.29) is 6.04 Å². The van der Waals surface area contributed by atoms with Gasteiger partial charge >= 0.3 is 6.18 Å². The van der Waals surface area contributed by atoms with Crippen molar-refractivity contribution in [2.24, 2.45) is 0 Å². The van der Waals surface area contributed by atoms with Gasteiger partial charge in [0.05, 0.1) is 17.3 Å². The molecule has 0 radical (unpaired) electrons. The highest BCUT2D eigenvalue weighted by Crippen LogP contribution is 2.34. The molecule has 1 aromatic carbocycles. The minimum atomic E-state index is -4.35. The fraction of sp³-hybridized carbons (Fsp3) is 0.450. The molecule has 1 aliphatic rings. The van der Waals surface area contributed by atoms with Gasteiger partial charge in [-0.25, -0.2) is 0 Å². The quantitative estimate of drug-likeness (QED) is 0.888. The minimum absolute atomic E-state index is 0.275. The predicted octanol–water partition coefficient (Wildman–Crippen LogP) is 4.05. The number of nitrogens with one attached hydrogen (secondary N) is 1. The van der Waals surface area contributed by atoms with Crippen molar-refractivity contribution in [2.45, 2.75) is 32.0 Å². The summed E-state index contributed by atoms with van der Waals surface area (Å²) in [6, 6.07) is 9.33. The van der Waals surface area contributed by atoms with E-state index in [1.165, 1.54) is 12.1 Å². The Kier molecular flexibility index (Phi) is 5.94. The molecule has 0 amide bonds. The third-order valence-corrected chi connectivity index (χ3v) is 4.81. The molecule has 1 N–H and O–H groups in total. The molecule has 0 saturated carbocycles. The van der Waals surface area contributed by atoms with Crippen molar-refractivity contribution in [1.29, 1.82) is 0 Å². The number of nitrogens with zero attached hydrogens (tertiary/aromatic N) is 2. The van der Waals surface area contributed by atoms with Crippen LogP contribution < -0.4 is 5.32 Å². The molecule has 1 atom stereocenters. The van der Waals surface area contributed by atoms with Crippen LogP contribution in [0.4, 0.5) is 13.2 Å². The van der Waals surface area contributed by atoms with Gasteiger partial charge in [0.15, 0.2) is 0 Å². The van der Waals surface area contributed by atoms with Gasteiger partial charge in [-0.3, -0.25) is 9.88 Å². The number of halogens is 3. The van der Waals surface area contributed by atoms with E-state index in [0.29, 0.717) is 5.56 Å². The van der Waals surface area contributed by atoms with Gasteiger partial charge in [-0.05, 0) is 48.7 Å². The van der Waals surface area contributed by atoms with Crippen molar-refractivity contribution >= 4 is 0 Å². The third-order valence-electron chi connectivity index (χ3n) is 4.81. The maximum atomic E-state index is 13.2. The molecule has 0 spiro atoms. The molecule has 1 unspecified atom stereocenters. The van der Waals surface area contributed by atoms with E-state index in [9.17, 15) is 13.2 Å². The number of pyridine rings is 1. The molecule has 3 nitrogen and oxygen atoms in total. The van der Waals surface area contributed by atoms with Crippen molar-refractivity contribution < 1.29 is 13.2 Å². The molecular weight excluding hydrogens is 339 g/mol. The Hall–Kier alpha value is -1.92. The second-order valence-electron chi connectivity index (χ2n) is 6.61. The lowest BCUT2D eigenvalue weighted by atomic mass is 9.98. The van der Waals surface area contributed by atoms with Crippen LogP contribution in [0.3, 0.4) is 0 Å². The minimum Gasteiger partial charge on any atom is -0.315 e. The van der Waals surface area contributed by atoms with E-state index in [0.717, 1.165) is 56.3 Å². The largest absolute Gasteiger partial charge is 0.416 e. The highest BCUT2D eigenvalue weighted by molar-refractivity contribution is 5.33. The summed E-state index contributed by atoms with van der Waals surface area (Å²) in [6.45, 7) is 5.40. The first-order valence-electron chi connectivity index (χ1n) is 9.06. The normalized spacial score (nSPS) is 17.7.